The predicted octanol–water partition coefficient (Wildman–Crippen LogP) is 0.377. The molecule has 0 saturated carbocycles. The van der Waals surface area contributed by atoms with Gasteiger partial charge in [-0.05, 0) is 0 Å². The van der Waals surface area contributed by atoms with Crippen LogP contribution in [0.1, 0.15) is 0 Å². The third-order valence-corrected chi connectivity index (χ3v) is 1.83. The third-order valence-electron chi connectivity index (χ3n) is 1.83. The molecule has 12 heavy (non-hydrogen) atoms. The zero-order chi connectivity index (χ0) is 7.97. The summed E-state index contributed by atoms with van der Waals surface area (Å²) < 4.78 is 3.74. The maximum Gasteiger partial charge on any atom is 0.204 e. The molecule has 0 aliphatic heterocycles. The van der Waals surface area contributed by atoms with Crippen molar-refractivity contribution < 1.29 is 0 Å². The van der Waals surface area contributed by atoms with Crippen molar-refractivity contribution in [3.63, 3.8) is 0 Å². The summed E-state index contributed by atoms with van der Waals surface area (Å²) in [6.45, 7) is 0. The van der Waals surface area contributed by atoms with Crippen LogP contribution in [0.25, 0.3) is 11.3 Å². The van der Waals surface area contributed by atoms with Gasteiger partial charge >= 0.3 is 0 Å². The van der Waals surface area contributed by atoms with Crippen LogP contribution >= 0.6 is 0 Å². The molecule has 0 aliphatic carbocycles. The van der Waals surface area contributed by atoms with Crippen LogP contribution in [0, 0.1) is 0 Å². The summed E-state index contributed by atoms with van der Waals surface area (Å²) in [4.78, 5) is 4.16. The Balaban J connectivity index is 2.71. The quantitative estimate of drug-likeness (QED) is 0.476. The molecule has 0 unspecified atom stereocenters. The topological polar surface area (TPSA) is 47.5 Å². The summed E-state index contributed by atoms with van der Waals surface area (Å²) in [5, 5.41) is 7.74. The van der Waals surface area contributed by atoms with Gasteiger partial charge in [0.1, 0.15) is 6.33 Å². The van der Waals surface area contributed by atoms with Crippen LogP contribution in [0.5, 0.6) is 0 Å². The molecule has 0 amide bonds. The summed E-state index contributed by atoms with van der Waals surface area (Å²) in [5.41, 5.74) is 1.61. The Morgan fingerprint density at radius 1 is 1.00 bits per heavy atom. The summed E-state index contributed by atoms with van der Waals surface area (Å²) in [6, 6.07) is 0. The molecular weight excluding hydrogens is 154 g/mol. The lowest BCUT2D eigenvalue weighted by Gasteiger charge is -1.93. The Kier molecular flexibility index (Phi) is 0.864. The highest BCUT2D eigenvalue weighted by Gasteiger charge is 2.01. The van der Waals surface area contributed by atoms with E-state index < -0.39 is 0 Å². The van der Waals surface area contributed by atoms with Gasteiger partial charge in [0.2, 0.25) is 5.65 Å². The molecule has 0 bridgehead atoms. The second-order valence-electron chi connectivity index (χ2n) is 2.52. The highest BCUT2D eigenvalue weighted by atomic mass is 15.2. The van der Waals surface area contributed by atoms with E-state index in [4.69, 9.17) is 0 Å². The maximum atomic E-state index is 4.16. The van der Waals surface area contributed by atoms with Crippen LogP contribution < -0.4 is 0 Å². The fourth-order valence-electron chi connectivity index (χ4n) is 1.26. The van der Waals surface area contributed by atoms with E-state index >= 15 is 0 Å². The van der Waals surface area contributed by atoms with E-state index in [0.29, 0.717) is 0 Å². The zero-order valence-electron chi connectivity index (χ0n) is 6.12. The Morgan fingerprint density at radius 2 is 1.92 bits per heavy atom. The number of aromatic nitrogens is 5. The first-order chi connectivity index (χ1) is 5.95. The predicted molar refractivity (Wildman–Crippen MR) is 41.7 cm³/mol. The van der Waals surface area contributed by atoms with Crippen molar-refractivity contribution in [3.8, 4) is 0 Å². The van der Waals surface area contributed by atoms with E-state index in [9.17, 15) is 0 Å². The van der Waals surface area contributed by atoms with Crippen LogP contribution in [0.15, 0.2) is 31.1 Å². The third kappa shape index (κ3) is 0.554. The minimum atomic E-state index is 0.780. The van der Waals surface area contributed by atoms with Gasteiger partial charge in [0.15, 0.2) is 5.65 Å². The van der Waals surface area contributed by atoms with E-state index in [-0.39, 0.29) is 0 Å². The van der Waals surface area contributed by atoms with Gasteiger partial charge in [-0.1, -0.05) is 0 Å². The molecular formula is C7H5N5. The molecule has 0 aromatic carbocycles. The summed E-state index contributed by atoms with van der Waals surface area (Å²) in [5.74, 6) is 0. The van der Waals surface area contributed by atoms with Crippen LogP contribution in [-0.4, -0.2) is 24.0 Å². The summed E-state index contributed by atoms with van der Waals surface area (Å²) >= 11 is 0. The normalized spacial score (nSPS) is 11.3. The second-order valence-corrected chi connectivity index (χ2v) is 2.52. The van der Waals surface area contributed by atoms with Gasteiger partial charge in [-0.2, -0.15) is 0 Å². The van der Waals surface area contributed by atoms with E-state index in [1.54, 1.807) is 12.5 Å². The molecule has 3 aromatic heterocycles. The standard InChI is InChI=1S/C7H5N5/c1-2-11-3-4-12-5-9-10-7(12)6(11)8-1/h1-5H. The van der Waals surface area contributed by atoms with Crippen molar-refractivity contribution >= 4 is 11.3 Å². The molecule has 5 heteroatoms. The fourth-order valence-corrected chi connectivity index (χ4v) is 1.26. The molecule has 0 saturated heterocycles. The molecule has 0 aliphatic rings. The molecule has 0 spiro atoms. The first-order valence-electron chi connectivity index (χ1n) is 3.56. The van der Waals surface area contributed by atoms with E-state index in [2.05, 4.69) is 15.2 Å². The van der Waals surface area contributed by atoms with Crippen LogP contribution in [-0.2, 0) is 0 Å². The fraction of sp³-hybridized carbons (Fsp3) is 0. The largest absolute Gasteiger partial charge is 0.302 e. The van der Waals surface area contributed by atoms with Crippen molar-refractivity contribution in [2.75, 3.05) is 0 Å². The van der Waals surface area contributed by atoms with Crippen molar-refractivity contribution in [2.24, 2.45) is 0 Å². The highest BCUT2D eigenvalue weighted by Crippen LogP contribution is 2.05. The van der Waals surface area contributed by atoms with Crippen molar-refractivity contribution in [2.45, 2.75) is 0 Å². The maximum absolute atomic E-state index is 4.16. The Labute approximate surface area is 67.3 Å². The lowest BCUT2D eigenvalue weighted by atomic mass is 10.6. The summed E-state index contributed by atoms with van der Waals surface area (Å²) in [6.07, 6.45) is 9.08. The molecule has 3 rings (SSSR count). The van der Waals surface area contributed by atoms with E-state index in [0.717, 1.165) is 11.3 Å². The average Bonchev–Trinajstić information content (AvgIpc) is 2.71. The smallest absolute Gasteiger partial charge is 0.204 e. The van der Waals surface area contributed by atoms with Crippen LogP contribution in [0.3, 0.4) is 0 Å². The van der Waals surface area contributed by atoms with Crippen LogP contribution in [0.2, 0.25) is 0 Å². The van der Waals surface area contributed by atoms with Gasteiger partial charge in [-0.3, -0.25) is 4.40 Å². The molecule has 3 heterocycles. The number of nitrogens with zero attached hydrogens (tertiary/aromatic N) is 5. The number of rotatable bonds is 0. The lowest BCUT2D eigenvalue weighted by molar-refractivity contribution is 1.08. The van der Waals surface area contributed by atoms with Gasteiger partial charge < -0.3 is 4.40 Å². The van der Waals surface area contributed by atoms with Crippen LogP contribution in [0.4, 0.5) is 0 Å². The van der Waals surface area contributed by atoms with Gasteiger partial charge in [0.25, 0.3) is 0 Å². The molecule has 58 valence electrons. The number of hydrogen-bond donors (Lipinski definition) is 0. The Bertz CT molecular complexity index is 485. The number of hydrogen-bond acceptors (Lipinski definition) is 3. The van der Waals surface area contributed by atoms with E-state index in [1.807, 2.05) is 27.4 Å². The highest BCUT2D eigenvalue weighted by molar-refractivity contribution is 5.64. The first-order valence-corrected chi connectivity index (χ1v) is 3.56. The number of imidazole rings is 1. The molecule has 3 aromatic rings. The first kappa shape index (κ1) is 5.70. The zero-order valence-corrected chi connectivity index (χ0v) is 6.12. The molecule has 0 atom stereocenters. The minimum Gasteiger partial charge on any atom is -0.302 e. The van der Waals surface area contributed by atoms with Crippen molar-refractivity contribution in [3.05, 3.63) is 31.1 Å². The van der Waals surface area contributed by atoms with Gasteiger partial charge in [-0.15, -0.1) is 10.2 Å². The Hall–Kier alpha value is -1.91. The number of fused-ring (bicyclic) bond motifs is 3. The van der Waals surface area contributed by atoms with Gasteiger partial charge in [0.05, 0.1) is 0 Å². The van der Waals surface area contributed by atoms with Crippen molar-refractivity contribution in [1.29, 1.82) is 0 Å². The molecule has 0 N–H and O–H groups in total. The molecule has 0 fully saturated rings. The van der Waals surface area contributed by atoms with Gasteiger partial charge in [-0.25, -0.2) is 4.98 Å². The Morgan fingerprint density at radius 3 is 2.92 bits per heavy atom. The van der Waals surface area contributed by atoms with Crippen molar-refractivity contribution in [1.82, 2.24) is 24.0 Å². The minimum absolute atomic E-state index is 0.780. The SMILES string of the molecule is c1cn2ccn3cnnc3c2n1. The summed E-state index contributed by atoms with van der Waals surface area (Å²) in [7, 11) is 0. The second kappa shape index (κ2) is 1.82. The average molecular weight is 159 g/mol. The molecule has 5 nitrogen and oxygen atoms in total. The monoisotopic (exact) mass is 159 g/mol. The molecule has 0 radical (unpaired) electrons. The van der Waals surface area contributed by atoms with Gasteiger partial charge in [0, 0.05) is 24.8 Å². The lowest BCUT2D eigenvalue weighted by Crippen LogP contribution is -1.89. The van der Waals surface area contributed by atoms with E-state index in [1.165, 1.54) is 0 Å².